The van der Waals surface area contributed by atoms with Crippen LogP contribution in [0.2, 0.25) is 0 Å². The number of carbonyl (C=O) groups excluding carboxylic acids is 1. The van der Waals surface area contributed by atoms with Crippen molar-refractivity contribution in [3.05, 3.63) is 0 Å². The molecule has 1 fully saturated rings. The minimum absolute atomic E-state index is 0.0614. The molecule has 1 rings (SSSR count). The minimum atomic E-state index is -3.34. The van der Waals surface area contributed by atoms with Crippen molar-refractivity contribution in [2.75, 3.05) is 38.6 Å². The van der Waals surface area contributed by atoms with E-state index in [-0.39, 0.29) is 24.8 Å². The summed E-state index contributed by atoms with van der Waals surface area (Å²) in [5, 5.41) is 2.58. The third-order valence-corrected chi connectivity index (χ3v) is 3.87. The maximum atomic E-state index is 11.7. The van der Waals surface area contributed by atoms with E-state index in [0.717, 1.165) is 0 Å². The zero-order valence-electron chi connectivity index (χ0n) is 8.73. The van der Waals surface area contributed by atoms with Crippen molar-refractivity contribution in [1.82, 2.24) is 9.62 Å². The lowest BCUT2D eigenvalue weighted by atomic mass is 10.4. The normalized spacial score (nSPS) is 18.9. The Morgan fingerprint density at radius 2 is 2.27 bits per heavy atom. The number of nitrogens with one attached hydrogen (secondary N) is 1. The summed E-state index contributed by atoms with van der Waals surface area (Å²) in [6, 6.07) is 0. The number of carbonyl (C=O) groups is 1. The molecule has 1 heterocycles. The maximum Gasteiger partial charge on any atom is 0.235 e. The topological polar surface area (TPSA) is 75.7 Å². The molecule has 0 radical (unpaired) electrons. The average molecular weight is 236 g/mol. The van der Waals surface area contributed by atoms with E-state index in [0.29, 0.717) is 19.7 Å². The van der Waals surface area contributed by atoms with E-state index in [4.69, 9.17) is 4.74 Å². The molecule has 0 atom stereocenters. The summed E-state index contributed by atoms with van der Waals surface area (Å²) in [5.41, 5.74) is 0. The third kappa shape index (κ3) is 3.77. The van der Waals surface area contributed by atoms with Gasteiger partial charge < -0.3 is 10.1 Å². The quantitative estimate of drug-likeness (QED) is 0.607. The highest BCUT2D eigenvalue weighted by Crippen LogP contribution is 2.03. The van der Waals surface area contributed by atoms with E-state index >= 15 is 0 Å². The highest BCUT2D eigenvalue weighted by molar-refractivity contribution is 7.89. The number of hydrogen-bond acceptors (Lipinski definition) is 4. The van der Waals surface area contributed by atoms with Crippen LogP contribution in [0.25, 0.3) is 0 Å². The highest BCUT2D eigenvalue weighted by atomic mass is 32.2. The van der Waals surface area contributed by atoms with Crippen LogP contribution in [-0.2, 0) is 19.6 Å². The van der Waals surface area contributed by atoms with Gasteiger partial charge in [-0.15, -0.1) is 0 Å². The Kier molecular flexibility index (Phi) is 4.49. The third-order valence-electron chi connectivity index (χ3n) is 2.09. The van der Waals surface area contributed by atoms with Gasteiger partial charge in [-0.3, -0.25) is 4.79 Å². The van der Waals surface area contributed by atoms with Gasteiger partial charge >= 0.3 is 0 Å². The summed E-state index contributed by atoms with van der Waals surface area (Å²) in [5.74, 6) is -0.310. The Morgan fingerprint density at radius 1 is 1.53 bits per heavy atom. The minimum Gasteiger partial charge on any atom is -0.381 e. The van der Waals surface area contributed by atoms with Crippen LogP contribution in [0.15, 0.2) is 0 Å². The van der Waals surface area contributed by atoms with Gasteiger partial charge in [0.1, 0.15) is 0 Å². The number of rotatable bonds is 5. The number of sulfonamides is 1. The first kappa shape index (κ1) is 12.4. The fourth-order valence-corrected chi connectivity index (χ4v) is 2.56. The Morgan fingerprint density at radius 3 is 2.87 bits per heavy atom. The largest absolute Gasteiger partial charge is 0.381 e. The van der Waals surface area contributed by atoms with Gasteiger partial charge in [0.2, 0.25) is 15.9 Å². The second-order valence-corrected chi connectivity index (χ2v) is 5.28. The van der Waals surface area contributed by atoms with Crippen LogP contribution in [-0.4, -0.2) is 57.2 Å². The van der Waals surface area contributed by atoms with Gasteiger partial charge in [0.25, 0.3) is 0 Å². The summed E-state index contributed by atoms with van der Waals surface area (Å²) in [7, 11) is -3.34. The first-order chi connectivity index (χ1) is 7.06. The van der Waals surface area contributed by atoms with E-state index in [1.54, 1.807) is 6.92 Å². The Hall–Kier alpha value is -0.660. The molecule has 0 bridgehead atoms. The van der Waals surface area contributed by atoms with Crippen molar-refractivity contribution in [3.8, 4) is 0 Å². The van der Waals surface area contributed by atoms with Crippen molar-refractivity contribution in [3.63, 3.8) is 0 Å². The number of piperazine rings is 1. The molecule has 0 aromatic carbocycles. The monoisotopic (exact) mass is 236 g/mol. The molecule has 0 saturated carbocycles. The van der Waals surface area contributed by atoms with Crippen molar-refractivity contribution in [2.45, 2.75) is 6.92 Å². The van der Waals surface area contributed by atoms with Crippen LogP contribution in [0.3, 0.4) is 0 Å². The van der Waals surface area contributed by atoms with Crippen LogP contribution in [0.1, 0.15) is 6.92 Å². The van der Waals surface area contributed by atoms with Crippen LogP contribution in [0.4, 0.5) is 0 Å². The summed E-state index contributed by atoms with van der Waals surface area (Å²) in [6.45, 7) is 3.13. The van der Waals surface area contributed by atoms with Gasteiger partial charge in [-0.25, -0.2) is 8.42 Å². The molecule has 0 aromatic heterocycles. The van der Waals surface area contributed by atoms with Crippen LogP contribution in [0.5, 0.6) is 0 Å². The zero-order chi connectivity index (χ0) is 11.3. The summed E-state index contributed by atoms with van der Waals surface area (Å²) >= 11 is 0. The number of ether oxygens (including phenoxy) is 1. The summed E-state index contributed by atoms with van der Waals surface area (Å²) in [4.78, 5) is 11.0. The summed E-state index contributed by atoms with van der Waals surface area (Å²) in [6.07, 6.45) is 0. The highest BCUT2D eigenvalue weighted by Gasteiger charge is 2.26. The summed E-state index contributed by atoms with van der Waals surface area (Å²) < 4.78 is 29.5. The lowest BCUT2D eigenvalue weighted by Gasteiger charge is -2.25. The average Bonchev–Trinajstić information content (AvgIpc) is 2.18. The van der Waals surface area contributed by atoms with Crippen LogP contribution >= 0.6 is 0 Å². The fraction of sp³-hybridized carbons (Fsp3) is 0.875. The SMILES string of the molecule is CCOCCS(=O)(=O)N1CCNC(=O)C1. The van der Waals surface area contributed by atoms with Crippen molar-refractivity contribution in [2.24, 2.45) is 0 Å². The molecule has 1 amide bonds. The molecule has 1 aliphatic heterocycles. The van der Waals surface area contributed by atoms with Gasteiger partial charge in [-0.1, -0.05) is 0 Å². The van der Waals surface area contributed by atoms with E-state index < -0.39 is 10.0 Å². The molecule has 7 heteroatoms. The van der Waals surface area contributed by atoms with Gasteiger partial charge in [0, 0.05) is 19.7 Å². The predicted molar refractivity (Wildman–Crippen MR) is 54.9 cm³/mol. The number of amides is 1. The molecule has 0 spiro atoms. The van der Waals surface area contributed by atoms with E-state index in [2.05, 4.69) is 5.32 Å². The Bertz CT molecular complexity index is 315. The van der Waals surface area contributed by atoms with Gasteiger partial charge in [0.05, 0.1) is 18.9 Å². The van der Waals surface area contributed by atoms with Crippen LogP contribution < -0.4 is 5.32 Å². The molecule has 1 saturated heterocycles. The van der Waals surface area contributed by atoms with Crippen molar-refractivity contribution < 1.29 is 17.9 Å². The maximum absolute atomic E-state index is 11.7. The van der Waals surface area contributed by atoms with E-state index in [1.807, 2.05) is 0 Å². The number of hydrogen-bond donors (Lipinski definition) is 1. The molecule has 0 unspecified atom stereocenters. The lowest BCUT2D eigenvalue weighted by molar-refractivity contribution is -0.122. The molecule has 6 nitrogen and oxygen atoms in total. The molecule has 15 heavy (non-hydrogen) atoms. The van der Waals surface area contributed by atoms with Crippen molar-refractivity contribution >= 4 is 15.9 Å². The second kappa shape index (κ2) is 5.43. The lowest BCUT2D eigenvalue weighted by Crippen LogP contribution is -2.50. The molecule has 88 valence electrons. The van der Waals surface area contributed by atoms with Crippen molar-refractivity contribution in [1.29, 1.82) is 0 Å². The van der Waals surface area contributed by atoms with E-state index in [9.17, 15) is 13.2 Å². The molecule has 1 N–H and O–H groups in total. The smallest absolute Gasteiger partial charge is 0.235 e. The van der Waals surface area contributed by atoms with Gasteiger partial charge in [-0.05, 0) is 6.92 Å². The number of nitrogens with zero attached hydrogens (tertiary/aromatic N) is 1. The standard InChI is InChI=1S/C8H16N2O4S/c1-2-14-5-6-15(12,13)10-4-3-9-8(11)7-10/h2-7H2,1H3,(H,9,11). The first-order valence-electron chi connectivity index (χ1n) is 4.88. The predicted octanol–water partition coefficient (Wildman–Crippen LogP) is -1.22. The second-order valence-electron chi connectivity index (χ2n) is 3.20. The molecular weight excluding hydrogens is 220 g/mol. The molecular formula is C8H16N2O4S. The Balaban J connectivity index is 2.49. The zero-order valence-corrected chi connectivity index (χ0v) is 9.55. The van der Waals surface area contributed by atoms with Gasteiger partial charge in [0.15, 0.2) is 0 Å². The van der Waals surface area contributed by atoms with Gasteiger partial charge in [-0.2, -0.15) is 4.31 Å². The molecule has 0 aliphatic carbocycles. The first-order valence-corrected chi connectivity index (χ1v) is 6.49. The molecule has 0 aromatic rings. The molecule has 1 aliphatic rings. The van der Waals surface area contributed by atoms with Crippen LogP contribution in [0, 0.1) is 0 Å². The fourth-order valence-electron chi connectivity index (χ4n) is 1.29. The Labute approximate surface area is 89.6 Å². The van der Waals surface area contributed by atoms with E-state index in [1.165, 1.54) is 4.31 Å².